The van der Waals surface area contributed by atoms with Crippen molar-refractivity contribution in [3.8, 4) is 0 Å². The van der Waals surface area contributed by atoms with E-state index in [-0.39, 0.29) is 0 Å². The Labute approximate surface area is 101 Å². The molecule has 0 nitrogen and oxygen atoms in total. The van der Waals surface area contributed by atoms with Crippen molar-refractivity contribution in [2.24, 2.45) is 35.0 Å². The van der Waals surface area contributed by atoms with Gasteiger partial charge in [-0.2, -0.15) is 0 Å². The molecule has 0 aromatic heterocycles. The molecule has 3 fully saturated rings. The highest BCUT2D eigenvalue weighted by Crippen LogP contribution is 2.63. The van der Waals surface area contributed by atoms with Crippen LogP contribution in [0.5, 0.6) is 0 Å². The molecule has 0 heterocycles. The Morgan fingerprint density at radius 1 is 1.19 bits per heavy atom. The Hall–Kier alpha value is -0.260. The molecule has 6 unspecified atom stereocenters. The molecule has 0 N–H and O–H groups in total. The number of hydrogen-bond donors (Lipinski definition) is 0. The van der Waals surface area contributed by atoms with E-state index in [4.69, 9.17) is 0 Å². The highest BCUT2D eigenvalue weighted by Gasteiger charge is 2.55. The monoisotopic (exact) mass is 218 g/mol. The molecule has 3 aliphatic carbocycles. The molecule has 0 saturated heterocycles. The van der Waals surface area contributed by atoms with Crippen LogP contribution in [-0.2, 0) is 0 Å². The van der Waals surface area contributed by atoms with Gasteiger partial charge in [0, 0.05) is 0 Å². The van der Waals surface area contributed by atoms with Gasteiger partial charge in [0.2, 0.25) is 0 Å². The molecule has 0 aromatic rings. The zero-order chi connectivity index (χ0) is 11.5. The Kier molecular flexibility index (Phi) is 2.29. The van der Waals surface area contributed by atoms with Crippen molar-refractivity contribution in [2.45, 2.75) is 52.9 Å². The normalized spacial score (nSPS) is 55.1. The molecule has 6 atom stereocenters. The van der Waals surface area contributed by atoms with Gasteiger partial charge < -0.3 is 0 Å². The van der Waals surface area contributed by atoms with E-state index in [9.17, 15) is 0 Å². The lowest BCUT2D eigenvalue weighted by atomic mass is 9.54. The van der Waals surface area contributed by atoms with E-state index in [0.29, 0.717) is 5.41 Å². The molecule has 0 aliphatic heterocycles. The third-order valence-electron chi connectivity index (χ3n) is 6.71. The summed E-state index contributed by atoms with van der Waals surface area (Å²) >= 11 is 0. The highest BCUT2D eigenvalue weighted by atomic mass is 14.6. The van der Waals surface area contributed by atoms with Gasteiger partial charge in [-0.25, -0.2) is 0 Å². The maximum Gasteiger partial charge on any atom is -0.00933 e. The maximum atomic E-state index is 4.28. The summed E-state index contributed by atoms with van der Waals surface area (Å²) < 4.78 is 0. The smallest absolute Gasteiger partial charge is 0.00933 e. The quantitative estimate of drug-likeness (QED) is 0.561. The molecule has 3 rings (SSSR count). The topological polar surface area (TPSA) is 0 Å². The number of fused-ring (bicyclic) bond motifs is 5. The predicted molar refractivity (Wildman–Crippen MR) is 69.1 cm³/mol. The van der Waals surface area contributed by atoms with Crippen LogP contribution >= 0.6 is 0 Å². The van der Waals surface area contributed by atoms with E-state index in [0.717, 1.165) is 29.6 Å². The Bertz CT molecular complexity index is 316. The second-order valence-corrected chi connectivity index (χ2v) is 7.10. The van der Waals surface area contributed by atoms with Gasteiger partial charge >= 0.3 is 0 Å². The fraction of sp³-hybridized carbons (Fsp3) is 0.875. The third kappa shape index (κ3) is 1.22. The van der Waals surface area contributed by atoms with Gasteiger partial charge in [-0.3, -0.25) is 0 Å². The number of rotatable bonds is 1. The van der Waals surface area contributed by atoms with Crippen molar-refractivity contribution in [3.05, 3.63) is 12.2 Å². The first-order chi connectivity index (χ1) is 7.54. The van der Waals surface area contributed by atoms with Crippen LogP contribution in [0.25, 0.3) is 0 Å². The summed E-state index contributed by atoms with van der Waals surface area (Å²) in [6, 6.07) is 0. The van der Waals surface area contributed by atoms with E-state index in [1.165, 1.54) is 24.8 Å². The van der Waals surface area contributed by atoms with Crippen LogP contribution < -0.4 is 0 Å². The van der Waals surface area contributed by atoms with Crippen LogP contribution in [0.3, 0.4) is 0 Å². The van der Waals surface area contributed by atoms with Gasteiger partial charge in [0.15, 0.2) is 0 Å². The van der Waals surface area contributed by atoms with Crippen molar-refractivity contribution in [1.29, 1.82) is 0 Å². The summed E-state index contributed by atoms with van der Waals surface area (Å²) in [6.45, 7) is 11.5. The van der Waals surface area contributed by atoms with Gasteiger partial charge in [0.05, 0.1) is 0 Å². The molecule has 0 radical (unpaired) electrons. The second kappa shape index (κ2) is 3.37. The zero-order valence-electron chi connectivity index (χ0n) is 11.1. The van der Waals surface area contributed by atoms with Crippen molar-refractivity contribution in [2.75, 3.05) is 0 Å². The van der Waals surface area contributed by atoms with Crippen molar-refractivity contribution in [3.63, 3.8) is 0 Å². The summed E-state index contributed by atoms with van der Waals surface area (Å²) in [5.74, 6) is 5.17. The standard InChI is InChI=1S/C16H26/c1-10(2)16(4)8-7-14-12-5-6-13(9-12)15(14)11(16)3/h11-15H,1,5-9H2,2-4H3. The fourth-order valence-electron chi connectivity index (χ4n) is 5.38. The number of allylic oxidation sites excluding steroid dienone is 1. The molecular formula is C16H26. The Morgan fingerprint density at radius 2 is 1.88 bits per heavy atom. The Morgan fingerprint density at radius 3 is 2.56 bits per heavy atom. The summed E-state index contributed by atoms with van der Waals surface area (Å²) in [5, 5.41) is 0. The highest BCUT2D eigenvalue weighted by molar-refractivity contribution is 5.14. The van der Waals surface area contributed by atoms with Gasteiger partial charge in [-0.1, -0.05) is 26.0 Å². The molecule has 2 bridgehead atoms. The van der Waals surface area contributed by atoms with Crippen molar-refractivity contribution in [1.82, 2.24) is 0 Å². The first kappa shape index (κ1) is 10.9. The number of hydrogen-bond acceptors (Lipinski definition) is 0. The molecule has 3 aliphatic rings. The van der Waals surface area contributed by atoms with Crippen LogP contribution in [0.2, 0.25) is 0 Å². The minimum atomic E-state index is 0.436. The molecule has 0 spiro atoms. The van der Waals surface area contributed by atoms with Crippen molar-refractivity contribution < 1.29 is 0 Å². The largest absolute Gasteiger partial charge is 0.0996 e. The maximum absolute atomic E-state index is 4.28. The minimum absolute atomic E-state index is 0.436. The average Bonchev–Trinajstić information content (AvgIpc) is 2.83. The van der Waals surface area contributed by atoms with Gasteiger partial charge in [-0.05, 0) is 74.0 Å². The molecule has 3 saturated carbocycles. The van der Waals surface area contributed by atoms with E-state index in [1.807, 2.05) is 0 Å². The molecule has 0 amide bonds. The van der Waals surface area contributed by atoms with E-state index in [2.05, 4.69) is 27.4 Å². The molecule has 0 aromatic carbocycles. The van der Waals surface area contributed by atoms with Gasteiger partial charge in [0.25, 0.3) is 0 Å². The lowest BCUT2D eigenvalue weighted by Gasteiger charge is -2.50. The average molecular weight is 218 g/mol. The zero-order valence-corrected chi connectivity index (χ0v) is 11.1. The lowest BCUT2D eigenvalue weighted by molar-refractivity contribution is 0.0190. The summed E-state index contributed by atoms with van der Waals surface area (Å²) in [7, 11) is 0. The fourth-order valence-corrected chi connectivity index (χ4v) is 5.38. The van der Waals surface area contributed by atoms with Gasteiger partial charge in [0.1, 0.15) is 0 Å². The summed E-state index contributed by atoms with van der Waals surface area (Å²) in [6.07, 6.45) is 7.52. The molecule has 90 valence electrons. The van der Waals surface area contributed by atoms with Crippen LogP contribution in [0.1, 0.15) is 52.9 Å². The van der Waals surface area contributed by atoms with Crippen LogP contribution in [-0.4, -0.2) is 0 Å². The summed E-state index contributed by atoms with van der Waals surface area (Å²) in [5.41, 5.74) is 1.87. The first-order valence-electron chi connectivity index (χ1n) is 7.20. The third-order valence-corrected chi connectivity index (χ3v) is 6.71. The molecule has 0 heteroatoms. The lowest BCUT2D eigenvalue weighted by Crippen LogP contribution is -2.43. The van der Waals surface area contributed by atoms with Crippen LogP contribution in [0, 0.1) is 35.0 Å². The van der Waals surface area contributed by atoms with E-state index >= 15 is 0 Å². The van der Waals surface area contributed by atoms with Crippen LogP contribution in [0.4, 0.5) is 0 Å². The van der Waals surface area contributed by atoms with Crippen LogP contribution in [0.15, 0.2) is 12.2 Å². The van der Waals surface area contributed by atoms with E-state index < -0.39 is 0 Å². The van der Waals surface area contributed by atoms with Crippen molar-refractivity contribution >= 4 is 0 Å². The van der Waals surface area contributed by atoms with E-state index in [1.54, 1.807) is 12.8 Å². The Balaban J connectivity index is 1.90. The second-order valence-electron chi connectivity index (χ2n) is 7.10. The van der Waals surface area contributed by atoms with Gasteiger partial charge in [-0.15, -0.1) is 0 Å². The molecule has 16 heavy (non-hydrogen) atoms. The first-order valence-corrected chi connectivity index (χ1v) is 7.20. The predicted octanol–water partition coefficient (Wildman–Crippen LogP) is 4.66. The minimum Gasteiger partial charge on any atom is -0.0996 e. The summed E-state index contributed by atoms with van der Waals surface area (Å²) in [4.78, 5) is 0. The molecular weight excluding hydrogens is 192 g/mol. The SMILES string of the molecule is C=C(C)C1(C)CCC2C3CCC(C3)C2C1C.